The molecule has 0 heterocycles. The number of unbranched alkanes of at least 4 members (excludes halogenated alkanes) is 1. The van der Waals surface area contributed by atoms with Crippen molar-refractivity contribution in [2.45, 2.75) is 19.3 Å². The van der Waals surface area contributed by atoms with Gasteiger partial charge in [-0.3, -0.25) is 4.39 Å². The molecule has 0 saturated heterocycles. The van der Waals surface area contributed by atoms with E-state index in [0.717, 1.165) is 18.4 Å². The second kappa shape index (κ2) is 6.06. The quantitative estimate of drug-likeness (QED) is 0.401. The molecule has 0 aliphatic rings. The maximum atomic E-state index is 11.9. The highest BCUT2D eigenvalue weighted by Crippen LogP contribution is 2.19. The fourth-order valence-electron chi connectivity index (χ4n) is 1.29. The number of isocyanates is 1. The number of carbonyl (C=O) groups excluding carboxylic acids is 1. The first kappa shape index (κ1) is 10.6. The van der Waals surface area contributed by atoms with Gasteiger partial charge >= 0.3 is 0 Å². The Morgan fingerprint density at radius 1 is 1.29 bits per heavy atom. The standard InChI is InChI=1S/C11H12FNO/c12-8-4-3-6-10-5-1-2-7-11(10)13-9-14/h1-2,5,7H,3-4,6,8H2. The summed E-state index contributed by atoms with van der Waals surface area (Å²) in [5.74, 6) is 0. The summed E-state index contributed by atoms with van der Waals surface area (Å²) in [6, 6.07) is 7.35. The highest BCUT2D eigenvalue weighted by molar-refractivity contribution is 5.53. The number of hydrogen-bond donors (Lipinski definition) is 0. The van der Waals surface area contributed by atoms with E-state index in [1.165, 1.54) is 6.08 Å². The van der Waals surface area contributed by atoms with E-state index in [9.17, 15) is 9.18 Å². The summed E-state index contributed by atoms with van der Waals surface area (Å²) in [6.07, 6.45) is 3.61. The number of benzene rings is 1. The smallest absolute Gasteiger partial charge is 0.240 e. The molecule has 0 aliphatic carbocycles. The minimum Gasteiger partial charge on any atom is -0.251 e. The third kappa shape index (κ3) is 3.11. The van der Waals surface area contributed by atoms with E-state index in [1.807, 2.05) is 18.2 Å². The molecule has 0 fully saturated rings. The van der Waals surface area contributed by atoms with Crippen LogP contribution in [0.4, 0.5) is 10.1 Å². The van der Waals surface area contributed by atoms with Gasteiger partial charge in [0.25, 0.3) is 0 Å². The molecule has 0 amide bonds. The predicted octanol–water partition coefficient (Wildman–Crippen LogP) is 2.95. The maximum Gasteiger partial charge on any atom is 0.240 e. The number of halogens is 1. The van der Waals surface area contributed by atoms with E-state index in [4.69, 9.17) is 0 Å². The van der Waals surface area contributed by atoms with Crippen LogP contribution < -0.4 is 0 Å². The molecular formula is C11H12FNO. The molecule has 0 aliphatic heterocycles. The summed E-state index contributed by atoms with van der Waals surface area (Å²) in [7, 11) is 0. The zero-order valence-corrected chi connectivity index (χ0v) is 7.87. The SMILES string of the molecule is O=C=Nc1ccccc1CCCCF. The molecule has 14 heavy (non-hydrogen) atoms. The molecule has 0 bridgehead atoms. The van der Waals surface area contributed by atoms with Crippen LogP contribution in [0, 0.1) is 0 Å². The average molecular weight is 193 g/mol. The first-order valence-corrected chi connectivity index (χ1v) is 4.60. The molecule has 1 rings (SSSR count). The van der Waals surface area contributed by atoms with Gasteiger partial charge in [0.05, 0.1) is 12.4 Å². The predicted molar refractivity (Wildman–Crippen MR) is 53.1 cm³/mol. The summed E-state index contributed by atoms with van der Waals surface area (Å²) >= 11 is 0. The molecule has 2 nitrogen and oxygen atoms in total. The number of aliphatic imine (C=N–C) groups is 1. The lowest BCUT2D eigenvalue weighted by molar-refractivity contribution is 0.462. The van der Waals surface area contributed by atoms with Crippen LogP contribution in [0.2, 0.25) is 0 Å². The zero-order chi connectivity index (χ0) is 10.2. The van der Waals surface area contributed by atoms with Gasteiger partial charge in [0.1, 0.15) is 0 Å². The third-order valence-corrected chi connectivity index (χ3v) is 1.99. The van der Waals surface area contributed by atoms with Crippen molar-refractivity contribution in [2.75, 3.05) is 6.67 Å². The Morgan fingerprint density at radius 3 is 2.79 bits per heavy atom. The molecule has 0 aromatic heterocycles. The average Bonchev–Trinajstić information content (AvgIpc) is 2.21. The van der Waals surface area contributed by atoms with Gasteiger partial charge in [-0.2, -0.15) is 4.99 Å². The van der Waals surface area contributed by atoms with Crippen LogP contribution in [-0.4, -0.2) is 12.8 Å². The van der Waals surface area contributed by atoms with Crippen molar-refractivity contribution in [3.05, 3.63) is 29.8 Å². The summed E-state index contributed by atoms with van der Waals surface area (Å²) in [6.45, 7) is -0.293. The normalized spacial score (nSPS) is 9.50. The van der Waals surface area contributed by atoms with Gasteiger partial charge in [-0.1, -0.05) is 18.2 Å². The van der Waals surface area contributed by atoms with E-state index in [-0.39, 0.29) is 6.67 Å². The largest absolute Gasteiger partial charge is 0.251 e. The molecule has 74 valence electrons. The van der Waals surface area contributed by atoms with E-state index < -0.39 is 0 Å². The lowest BCUT2D eigenvalue weighted by atomic mass is 10.1. The van der Waals surface area contributed by atoms with Gasteiger partial charge in [-0.05, 0) is 30.9 Å². The summed E-state index contributed by atoms with van der Waals surface area (Å²) < 4.78 is 11.9. The Kier molecular flexibility index (Phi) is 4.59. The van der Waals surface area contributed by atoms with Crippen LogP contribution in [0.5, 0.6) is 0 Å². The Morgan fingerprint density at radius 2 is 2.07 bits per heavy atom. The van der Waals surface area contributed by atoms with Gasteiger partial charge in [0.15, 0.2) is 0 Å². The summed E-state index contributed by atoms with van der Waals surface area (Å²) in [5, 5.41) is 0. The maximum absolute atomic E-state index is 11.9. The minimum atomic E-state index is -0.293. The number of hydrogen-bond acceptors (Lipinski definition) is 2. The molecule has 0 atom stereocenters. The van der Waals surface area contributed by atoms with Crippen molar-refractivity contribution in [1.29, 1.82) is 0 Å². The molecule has 0 spiro atoms. The molecule has 0 saturated carbocycles. The van der Waals surface area contributed by atoms with E-state index in [1.54, 1.807) is 6.07 Å². The van der Waals surface area contributed by atoms with E-state index >= 15 is 0 Å². The Bertz CT molecular complexity index is 332. The first-order chi connectivity index (χ1) is 6.88. The van der Waals surface area contributed by atoms with Crippen LogP contribution in [0.25, 0.3) is 0 Å². The highest BCUT2D eigenvalue weighted by atomic mass is 19.1. The summed E-state index contributed by atoms with van der Waals surface area (Å²) in [4.78, 5) is 13.7. The van der Waals surface area contributed by atoms with Crippen LogP contribution in [0.1, 0.15) is 18.4 Å². The van der Waals surface area contributed by atoms with Crippen LogP contribution in [-0.2, 0) is 11.2 Å². The van der Waals surface area contributed by atoms with Gasteiger partial charge < -0.3 is 0 Å². The number of aryl methyl sites for hydroxylation is 1. The second-order valence-electron chi connectivity index (χ2n) is 2.98. The monoisotopic (exact) mass is 193 g/mol. The molecule has 0 radical (unpaired) electrons. The van der Waals surface area contributed by atoms with Crippen molar-refractivity contribution in [2.24, 2.45) is 4.99 Å². The number of nitrogens with zero attached hydrogens (tertiary/aromatic N) is 1. The third-order valence-electron chi connectivity index (χ3n) is 1.99. The van der Waals surface area contributed by atoms with Crippen molar-refractivity contribution >= 4 is 11.8 Å². The summed E-state index contributed by atoms with van der Waals surface area (Å²) in [5.41, 5.74) is 1.62. The molecule has 0 unspecified atom stereocenters. The fourth-order valence-corrected chi connectivity index (χ4v) is 1.29. The molecule has 1 aromatic rings. The van der Waals surface area contributed by atoms with Gasteiger partial charge in [-0.15, -0.1) is 0 Å². The number of para-hydroxylation sites is 1. The lowest BCUT2D eigenvalue weighted by Crippen LogP contribution is -1.87. The van der Waals surface area contributed by atoms with Gasteiger partial charge in [-0.25, -0.2) is 4.79 Å². The van der Waals surface area contributed by atoms with Crippen molar-refractivity contribution in [3.8, 4) is 0 Å². The second-order valence-corrected chi connectivity index (χ2v) is 2.98. The van der Waals surface area contributed by atoms with Crippen LogP contribution in [0.3, 0.4) is 0 Å². The number of rotatable bonds is 5. The van der Waals surface area contributed by atoms with Crippen LogP contribution >= 0.6 is 0 Å². The lowest BCUT2D eigenvalue weighted by Gasteiger charge is -2.02. The highest BCUT2D eigenvalue weighted by Gasteiger charge is 1.99. The first-order valence-electron chi connectivity index (χ1n) is 4.60. The van der Waals surface area contributed by atoms with Crippen molar-refractivity contribution in [1.82, 2.24) is 0 Å². The minimum absolute atomic E-state index is 0.293. The molecular weight excluding hydrogens is 181 g/mol. The molecule has 1 aromatic carbocycles. The number of alkyl halides is 1. The topological polar surface area (TPSA) is 29.4 Å². The Labute approximate surface area is 82.5 Å². The van der Waals surface area contributed by atoms with Gasteiger partial charge in [0.2, 0.25) is 6.08 Å². The molecule has 3 heteroatoms. The van der Waals surface area contributed by atoms with Crippen molar-refractivity contribution in [3.63, 3.8) is 0 Å². The van der Waals surface area contributed by atoms with Crippen LogP contribution in [0.15, 0.2) is 29.3 Å². The Balaban J connectivity index is 2.69. The Hall–Kier alpha value is -1.47. The van der Waals surface area contributed by atoms with E-state index in [2.05, 4.69) is 4.99 Å². The van der Waals surface area contributed by atoms with Gasteiger partial charge in [0, 0.05) is 0 Å². The van der Waals surface area contributed by atoms with E-state index in [0.29, 0.717) is 12.1 Å². The fraction of sp³-hybridized carbons (Fsp3) is 0.364. The zero-order valence-electron chi connectivity index (χ0n) is 7.87. The van der Waals surface area contributed by atoms with Crippen molar-refractivity contribution < 1.29 is 9.18 Å². The molecule has 0 N–H and O–H groups in total.